The van der Waals surface area contributed by atoms with Crippen molar-refractivity contribution in [3.05, 3.63) is 54.6 Å². The minimum atomic E-state index is 0.338. The first-order chi connectivity index (χ1) is 12.8. The first-order valence-electron chi connectivity index (χ1n) is 8.54. The summed E-state index contributed by atoms with van der Waals surface area (Å²) in [7, 11) is 0. The van der Waals surface area contributed by atoms with Gasteiger partial charge in [0.25, 0.3) is 0 Å². The topological polar surface area (TPSA) is 101 Å². The second-order valence-electron chi connectivity index (χ2n) is 6.12. The third-order valence-electron chi connectivity index (χ3n) is 4.38. The van der Waals surface area contributed by atoms with Gasteiger partial charge in [0, 0.05) is 45.1 Å². The molecule has 0 saturated carbocycles. The number of nitrogens with two attached hydrogens (primary N) is 1. The minimum Gasteiger partial charge on any atom is -0.338 e. The Labute approximate surface area is 151 Å². The number of aromatic nitrogens is 5. The van der Waals surface area contributed by atoms with E-state index in [0.717, 1.165) is 32.7 Å². The van der Waals surface area contributed by atoms with Crippen molar-refractivity contribution < 1.29 is 0 Å². The van der Waals surface area contributed by atoms with Crippen LogP contribution in [0, 0.1) is 0 Å². The summed E-state index contributed by atoms with van der Waals surface area (Å²) < 4.78 is 1.73. The Morgan fingerprint density at radius 1 is 0.962 bits per heavy atom. The fraction of sp³-hybridized carbons (Fsp3) is 0.294. The maximum atomic E-state index is 5.52. The van der Waals surface area contributed by atoms with Gasteiger partial charge in [0.2, 0.25) is 17.8 Å². The maximum absolute atomic E-state index is 5.52. The van der Waals surface area contributed by atoms with Gasteiger partial charge in [-0.2, -0.15) is 15.0 Å². The standard InChI is InChI=1S/C17H21N9/c18-23-15-20-16(22-17(21-15)26-7-6-19-13-26)25-10-8-24(9-11-25)12-14-4-2-1-3-5-14/h1-7,13H,8-12,18H2,(H,20,21,22,23). The monoisotopic (exact) mass is 351 g/mol. The lowest BCUT2D eigenvalue weighted by Crippen LogP contribution is -2.46. The molecule has 1 fully saturated rings. The number of hydrogen-bond acceptors (Lipinski definition) is 8. The molecule has 1 aliphatic rings. The predicted molar refractivity (Wildman–Crippen MR) is 98.7 cm³/mol. The number of nitrogens with one attached hydrogen (secondary N) is 1. The molecule has 0 bridgehead atoms. The summed E-state index contributed by atoms with van der Waals surface area (Å²) in [5.41, 5.74) is 3.85. The van der Waals surface area contributed by atoms with Gasteiger partial charge in [0.05, 0.1) is 0 Å². The SMILES string of the molecule is NNc1nc(N2CCN(Cc3ccccc3)CC2)nc(-n2ccnc2)n1. The van der Waals surface area contributed by atoms with E-state index in [0.29, 0.717) is 17.8 Å². The Balaban J connectivity index is 1.46. The summed E-state index contributed by atoms with van der Waals surface area (Å²) in [6.07, 6.45) is 5.12. The zero-order valence-corrected chi connectivity index (χ0v) is 14.4. The Morgan fingerprint density at radius 3 is 2.42 bits per heavy atom. The van der Waals surface area contributed by atoms with Gasteiger partial charge in [-0.05, 0) is 5.56 Å². The second-order valence-corrected chi connectivity index (χ2v) is 6.12. The van der Waals surface area contributed by atoms with Crippen molar-refractivity contribution >= 4 is 11.9 Å². The van der Waals surface area contributed by atoms with Crippen LogP contribution in [0.3, 0.4) is 0 Å². The number of nitrogen functional groups attached to an aromatic ring is 1. The van der Waals surface area contributed by atoms with E-state index in [4.69, 9.17) is 5.84 Å². The molecule has 3 aromatic rings. The van der Waals surface area contributed by atoms with E-state index in [1.54, 1.807) is 23.3 Å². The number of imidazole rings is 1. The highest BCUT2D eigenvalue weighted by Gasteiger charge is 2.20. The summed E-state index contributed by atoms with van der Waals surface area (Å²) in [6.45, 7) is 4.56. The van der Waals surface area contributed by atoms with E-state index in [1.807, 2.05) is 6.07 Å². The molecule has 1 saturated heterocycles. The molecule has 0 radical (unpaired) electrons. The lowest BCUT2D eigenvalue weighted by molar-refractivity contribution is 0.248. The molecule has 2 aromatic heterocycles. The average Bonchev–Trinajstić information content (AvgIpc) is 3.24. The van der Waals surface area contributed by atoms with Gasteiger partial charge in [-0.25, -0.2) is 10.8 Å². The van der Waals surface area contributed by atoms with E-state index in [2.05, 4.69) is 59.4 Å². The van der Waals surface area contributed by atoms with Gasteiger partial charge in [-0.1, -0.05) is 30.3 Å². The summed E-state index contributed by atoms with van der Waals surface area (Å²) in [4.78, 5) is 21.9. The van der Waals surface area contributed by atoms with Crippen molar-refractivity contribution in [2.45, 2.75) is 6.54 Å². The summed E-state index contributed by atoms with van der Waals surface area (Å²) in [5, 5.41) is 0. The molecule has 0 unspecified atom stereocenters. The van der Waals surface area contributed by atoms with Crippen molar-refractivity contribution in [1.82, 2.24) is 29.4 Å². The van der Waals surface area contributed by atoms with Gasteiger partial charge in [-0.3, -0.25) is 14.9 Å². The van der Waals surface area contributed by atoms with Gasteiger partial charge < -0.3 is 4.90 Å². The molecule has 0 spiro atoms. The maximum Gasteiger partial charge on any atom is 0.243 e. The van der Waals surface area contributed by atoms with Crippen LogP contribution in [-0.4, -0.2) is 55.6 Å². The quantitative estimate of drug-likeness (QED) is 0.511. The average molecular weight is 351 g/mol. The van der Waals surface area contributed by atoms with Gasteiger partial charge in [-0.15, -0.1) is 0 Å². The summed E-state index contributed by atoms with van der Waals surface area (Å²) in [6, 6.07) is 10.5. The van der Waals surface area contributed by atoms with Crippen molar-refractivity contribution in [2.24, 2.45) is 5.84 Å². The van der Waals surface area contributed by atoms with Crippen LogP contribution in [0.2, 0.25) is 0 Å². The van der Waals surface area contributed by atoms with Crippen LogP contribution in [0.5, 0.6) is 0 Å². The Morgan fingerprint density at radius 2 is 1.73 bits per heavy atom. The molecule has 1 aliphatic heterocycles. The zero-order valence-electron chi connectivity index (χ0n) is 14.4. The third-order valence-corrected chi connectivity index (χ3v) is 4.38. The lowest BCUT2D eigenvalue weighted by Gasteiger charge is -2.34. The molecule has 9 heteroatoms. The number of piperazine rings is 1. The highest BCUT2D eigenvalue weighted by molar-refractivity contribution is 5.40. The van der Waals surface area contributed by atoms with Crippen LogP contribution in [-0.2, 0) is 6.54 Å². The lowest BCUT2D eigenvalue weighted by atomic mass is 10.2. The van der Waals surface area contributed by atoms with Crippen molar-refractivity contribution in [3.8, 4) is 5.95 Å². The normalized spacial score (nSPS) is 15.2. The molecule has 1 aromatic carbocycles. The van der Waals surface area contributed by atoms with Gasteiger partial charge in [0.15, 0.2) is 0 Å². The van der Waals surface area contributed by atoms with E-state index in [-0.39, 0.29) is 0 Å². The van der Waals surface area contributed by atoms with Crippen LogP contribution in [0.4, 0.5) is 11.9 Å². The molecule has 26 heavy (non-hydrogen) atoms. The zero-order chi connectivity index (χ0) is 17.8. The van der Waals surface area contributed by atoms with Crippen LogP contribution in [0.1, 0.15) is 5.56 Å². The second kappa shape index (κ2) is 7.46. The highest BCUT2D eigenvalue weighted by Crippen LogP contribution is 2.16. The number of rotatable bonds is 5. The summed E-state index contributed by atoms with van der Waals surface area (Å²) in [5.74, 6) is 6.98. The first kappa shape index (κ1) is 16.4. The van der Waals surface area contributed by atoms with E-state index < -0.39 is 0 Å². The molecule has 3 heterocycles. The molecule has 0 atom stereocenters. The number of hydrazine groups is 1. The molecule has 3 N–H and O–H groups in total. The summed E-state index contributed by atoms with van der Waals surface area (Å²) >= 11 is 0. The van der Waals surface area contributed by atoms with Crippen molar-refractivity contribution in [2.75, 3.05) is 36.5 Å². The molecular weight excluding hydrogens is 330 g/mol. The minimum absolute atomic E-state index is 0.338. The Hall–Kier alpha value is -3.04. The van der Waals surface area contributed by atoms with E-state index >= 15 is 0 Å². The van der Waals surface area contributed by atoms with Crippen LogP contribution < -0.4 is 16.2 Å². The van der Waals surface area contributed by atoms with Gasteiger partial charge >= 0.3 is 0 Å². The fourth-order valence-electron chi connectivity index (χ4n) is 3.00. The molecule has 4 rings (SSSR count). The van der Waals surface area contributed by atoms with Crippen molar-refractivity contribution in [3.63, 3.8) is 0 Å². The molecule has 0 amide bonds. The van der Waals surface area contributed by atoms with Crippen LogP contribution in [0.25, 0.3) is 5.95 Å². The van der Waals surface area contributed by atoms with E-state index in [9.17, 15) is 0 Å². The van der Waals surface area contributed by atoms with Crippen molar-refractivity contribution in [1.29, 1.82) is 0 Å². The number of hydrogen-bond donors (Lipinski definition) is 2. The third kappa shape index (κ3) is 3.63. The van der Waals surface area contributed by atoms with Crippen LogP contribution >= 0.6 is 0 Å². The largest absolute Gasteiger partial charge is 0.338 e. The van der Waals surface area contributed by atoms with Crippen LogP contribution in [0.15, 0.2) is 49.1 Å². The molecule has 0 aliphatic carbocycles. The Bertz CT molecular complexity index is 827. The smallest absolute Gasteiger partial charge is 0.243 e. The van der Waals surface area contributed by atoms with Gasteiger partial charge in [0.1, 0.15) is 6.33 Å². The van der Waals surface area contributed by atoms with E-state index in [1.165, 1.54) is 5.56 Å². The molecule has 9 nitrogen and oxygen atoms in total. The number of nitrogens with zero attached hydrogens (tertiary/aromatic N) is 7. The highest BCUT2D eigenvalue weighted by atomic mass is 15.4. The predicted octanol–water partition coefficient (Wildman–Crippen LogP) is 0.665. The number of anilines is 2. The molecule has 134 valence electrons. The molecular formula is C17H21N9. The number of benzene rings is 1. The first-order valence-corrected chi connectivity index (χ1v) is 8.54. The fourth-order valence-corrected chi connectivity index (χ4v) is 3.00. The Kier molecular flexibility index (Phi) is 4.71.